The van der Waals surface area contributed by atoms with E-state index in [1.54, 1.807) is 13.8 Å². The Balaban J connectivity index is 1.94. The van der Waals surface area contributed by atoms with E-state index in [4.69, 9.17) is 11.6 Å². The average Bonchev–Trinajstić information content (AvgIpc) is 2.87. The van der Waals surface area contributed by atoms with Crippen molar-refractivity contribution in [1.82, 2.24) is 19.6 Å². The number of benzene rings is 1. The number of nitrogens with one attached hydrogen (secondary N) is 2. The predicted molar refractivity (Wildman–Crippen MR) is 86.6 cm³/mol. The summed E-state index contributed by atoms with van der Waals surface area (Å²) in [5.74, 6) is 0.843. The molecule has 114 valence electrons. The highest BCUT2D eigenvalue weighted by molar-refractivity contribution is 6.30. The van der Waals surface area contributed by atoms with Crippen LogP contribution in [0.5, 0.6) is 0 Å². The van der Waals surface area contributed by atoms with Crippen molar-refractivity contribution >= 4 is 23.3 Å². The van der Waals surface area contributed by atoms with Crippen molar-refractivity contribution in [1.29, 1.82) is 0 Å². The Labute approximate surface area is 132 Å². The molecule has 0 spiro atoms. The molecule has 2 N–H and O–H groups in total. The van der Waals surface area contributed by atoms with Gasteiger partial charge in [-0.05, 0) is 38.5 Å². The van der Waals surface area contributed by atoms with E-state index in [1.807, 2.05) is 31.2 Å². The van der Waals surface area contributed by atoms with Crippen LogP contribution in [0.1, 0.15) is 29.8 Å². The van der Waals surface area contributed by atoms with E-state index in [-0.39, 0.29) is 11.6 Å². The first-order valence-electron chi connectivity index (χ1n) is 6.93. The van der Waals surface area contributed by atoms with Crippen LogP contribution in [0.15, 0.2) is 29.1 Å². The van der Waals surface area contributed by atoms with Gasteiger partial charge in [-0.2, -0.15) is 9.50 Å². The van der Waals surface area contributed by atoms with E-state index >= 15 is 0 Å². The number of hydrogen-bond donors (Lipinski definition) is 2. The van der Waals surface area contributed by atoms with Gasteiger partial charge < -0.3 is 5.32 Å². The van der Waals surface area contributed by atoms with Gasteiger partial charge in [0, 0.05) is 16.3 Å². The van der Waals surface area contributed by atoms with Gasteiger partial charge in [-0.15, -0.1) is 0 Å². The maximum atomic E-state index is 12.2. The van der Waals surface area contributed by atoms with E-state index < -0.39 is 0 Å². The maximum absolute atomic E-state index is 12.2. The number of aromatic nitrogens is 4. The van der Waals surface area contributed by atoms with Gasteiger partial charge in [0.05, 0.1) is 6.04 Å². The lowest BCUT2D eigenvalue weighted by Crippen LogP contribution is -2.19. The number of halogens is 1. The largest absolute Gasteiger partial charge is 0.348 e. The van der Waals surface area contributed by atoms with Crippen molar-refractivity contribution in [3.05, 3.63) is 56.5 Å². The molecule has 0 radical (unpaired) electrons. The van der Waals surface area contributed by atoms with Crippen LogP contribution in [0.2, 0.25) is 5.02 Å². The fraction of sp³-hybridized carbons (Fsp3) is 0.267. The summed E-state index contributed by atoms with van der Waals surface area (Å²) in [5, 5.41) is 6.83. The minimum absolute atomic E-state index is 0.0165. The van der Waals surface area contributed by atoms with Gasteiger partial charge in [-0.3, -0.25) is 9.89 Å². The van der Waals surface area contributed by atoms with E-state index in [2.05, 4.69) is 20.4 Å². The number of fused-ring (bicyclic) bond motifs is 1. The lowest BCUT2D eigenvalue weighted by Gasteiger charge is -2.13. The van der Waals surface area contributed by atoms with E-state index in [0.717, 1.165) is 5.56 Å². The SMILES string of the molecule is Cc1nc2nc(N[C@H](C)c3cccc(Cl)c3)[nH]n2c(=O)c1C. The van der Waals surface area contributed by atoms with Crippen LogP contribution in [0.4, 0.5) is 5.95 Å². The van der Waals surface area contributed by atoms with Crippen LogP contribution in [0, 0.1) is 13.8 Å². The van der Waals surface area contributed by atoms with Gasteiger partial charge >= 0.3 is 0 Å². The Morgan fingerprint density at radius 3 is 2.82 bits per heavy atom. The number of aryl methyl sites for hydroxylation is 1. The minimum atomic E-state index is -0.140. The van der Waals surface area contributed by atoms with Crippen molar-refractivity contribution < 1.29 is 0 Å². The second kappa shape index (κ2) is 5.46. The van der Waals surface area contributed by atoms with Crippen LogP contribution < -0.4 is 10.9 Å². The van der Waals surface area contributed by atoms with E-state index in [1.165, 1.54) is 4.52 Å². The Bertz CT molecular complexity index is 899. The summed E-state index contributed by atoms with van der Waals surface area (Å²) in [6.45, 7) is 5.54. The molecule has 6 nitrogen and oxygen atoms in total. The Hall–Kier alpha value is -2.34. The molecule has 0 bridgehead atoms. The third-order valence-electron chi connectivity index (χ3n) is 3.67. The molecule has 3 aromatic rings. The summed E-state index contributed by atoms with van der Waals surface area (Å²) in [6, 6.07) is 7.57. The second-order valence-electron chi connectivity index (χ2n) is 5.26. The number of H-pyrrole nitrogens is 1. The average molecular weight is 318 g/mol. The van der Waals surface area contributed by atoms with Crippen molar-refractivity contribution in [3.63, 3.8) is 0 Å². The lowest BCUT2D eigenvalue weighted by molar-refractivity contribution is 0.837. The monoisotopic (exact) mass is 317 g/mol. The van der Waals surface area contributed by atoms with Gasteiger partial charge in [-0.1, -0.05) is 23.7 Å². The number of aromatic amines is 1. The molecule has 0 unspecified atom stereocenters. The predicted octanol–water partition coefficient (Wildman–Crippen LogP) is 2.86. The van der Waals surface area contributed by atoms with Crippen LogP contribution in [-0.4, -0.2) is 19.6 Å². The zero-order chi connectivity index (χ0) is 15.9. The standard InChI is InChI=1S/C15H16ClN5O/c1-8-9(2)18-15-19-14(20-21(15)13(8)22)17-10(3)11-5-4-6-12(16)7-11/h4-7,10H,1-3H3,(H2,17,18,19,20)/t10-/m1/s1. The lowest BCUT2D eigenvalue weighted by atomic mass is 10.1. The Morgan fingerprint density at radius 1 is 1.32 bits per heavy atom. The van der Waals surface area contributed by atoms with Gasteiger partial charge in [0.2, 0.25) is 5.95 Å². The number of nitrogens with zero attached hydrogens (tertiary/aromatic N) is 3. The molecule has 7 heteroatoms. The van der Waals surface area contributed by atoms with E-state index in [0.29, 0.717) is 28.0 Å². The molecule has 2 aromatic heterocycles. The van der Waals surface area contributed by atoms with E-state index in [9.17, 15) is 4.79 Å². The van der Waals surface area contributed by atoms with Crippen molar-refractivity contribution in [2.45, 2.75) is 26.8 Å². The minimum Gasteiger partial charge on any atom is -0.348 e. The van der Waals surface area contributed by atoms with Gasteiger partial charge in [0.1, 0.15) is 0 Å². The molecule has 1 aromatic carbocycles. The summed E-state index contributed by atoms with van der Waals surface area (Å²) in [7, 11) is 0. The highest BCUT2D eigenvalue weighted by Gasteiger charge is 2.12. The van der Waals surface area contributed by atoms with Gasteiger partial charge in [0.25, 0.3) is 11.3 Å². The summed E-state index contributed by atoms with van der Waals surface area (Å²) in [6.07, 6.45) is 0. The smallest absolute Gasteiger partial charge is 0.277 e. The quantitative estimate of drug-likeness (QED) is 0.779. The van der Waals surface area contributed by atoms with Crippen molar-refractivity contribution in [2.24, 2.45) is 0 Å². The Kier molecular flexibility index (Phi) is 3.62. The number of anilines is 1. The molecule has 0 saturated heterocycles. The third-order valence-corrected chi connectivity index (χ3v) is 3.90. The molecular weight excluding hydrogens is 302 g/mol. The molecule has 22 heavy (non-hydrogen) atoms. The van der Waals surface area contributed by atoms with Gasteiger partial charge in [0.15, 0.2) is 0 Å². The molecule has 3 rings (SSSR count). The topological polar surface area (TPSA) is 75.1 Å². The molecular formula is C15H16ClN5O. The fourth-order valence-electron chi connectivity index (χ4n) is 2.23. The summed E-state index contributed by atoms with van der Waals surface area (Å²) >= 11 is 6.01. The first-order chi connectivity index (χ1) is 10.5. The summed E-state index contributed by atoms with van der Waals surface area (Å²) < 4.78 is 1.34. The van der Waals surface area contributed by atoms with Crippen LogP contribution in [-0.2, 0) is 0 Å². The van der Waals surface area contributed by atoms with Crippen molar-refractivity contribution in [3.8, 4) is 0 Å². The molecule has 0 aliphatic heterocycles. The molecule has 2 heterocycles. The summed E-state index contributed by atoms with van der Waals surface area (Å²) in [4.78, 5) is 20.8. The molecule has 0 aliphatic carbocycles. The first kappa shape index (κ1) is 14.6. The highest BCUT2D eigenvalue weighted by atomic mass is 35.5. The van der Waals surface area contributed by atoms with Gasteiger partial charge in [-0.25, -0.2) is 4.98 Å². The van der Waals surface area contributed by atoms with Crippen LogP contribution in [0.3, 0.4) is 0 Å². The van der Waals surface area contributed by atoms with Crippen molar-refractivity contribution in [2.75, 3.05) is 5.32 Å². The first-order valence-corrected chi connectivity index (χ1v) is 7.31. The molecule has 0 aliphatic rings. The second-order valence-corrected chi connectivity index (χ2v) is 5.69. The number of hydrogen-bond acceptors (Lipinski definition) is 4. The molecule has 0 amide bonds. The third kappa shape index (κ3) is 2.57. The highest BCUT2D eigenvalue weighted by Crippen LogP contribution is 2.20. The van der Waals surface area contributed by atoms with Crippen LogP contribution >= 0.6 is 11.6 Å². The number of rotatable bonds is 3. The normalized spacial score (nSPS) is 12.5. The molecule has 1 atom stereocenters. The Morgan fingerprint density at radius 2 is 2.09 bits per heavy atom. The zero-order valence-electron chi connectivity index (χ0n) is 12.5. The molecule has 0 saturated carbocycles. The zero-order valence-corrected chi connectivity index (χ0v) is 13.3. The fourth-order valence-corrected chi connectivity index (χ4v) is 2.43. The van der Waals surface area contributed by atoms with Crippen LogP contribution in [0.25, 0.3) is 5.78 Å². The molecule has 0 fully saturated rings. The summed E-state index contributed by atoms with van der Waals surface area (Å²) in [5.41, 5.74) is 2.18. The maximum Gasteiger partial charge on any atom is 0.277 e.